The van der Waals surface area contributed by atoms with Gasteiger partial charge in [0, 0.05) is 32.2 Å². The minimum atomic E-state index is -0.998. The molecule has 0 spiro atoms. The predicted molar refractivity (Wildman–Crippen MR) is 81.0 cm³/mol. The Balaban J connectivity index is 1.90. The number of primary amides is 1. The summed E-state index contributed by atoms with van der Waals surface area (Å²) in [4.78, 5) is 39.0. The third-order valence-corrected chi connectivity index (χ3v) is 3.85. The maximum atomic E-state index is 12.2. The smallest absolute Gasteiger partial charge is 0.276 e. The predicted octanol–water partition coefficient (Wildman–Crippen LogP) is -0.0168. The van der Waals surface area contributed by atoms with Crippen LogP contribution in [0.1, 0.15) is 30.1 Å². The molecule has 2 rings (SSSR count). The highest BCUT2D eigenvalue weighted by atomic mass is 16.5. The van der Waals surface area contributed by atoms with Crippen LogP contribution in [-0.2, 0) is 9.59 Å². The summed E-state index contributed by atoms with van der Waals surface area (Å²) in [6.45, 7) is 6.51. The maximum absolute atomic E-state index is 12.2. The van der Waals surface area contributed by atoms with Crippen molar-refractivity contribution in [1.82, 2.24) is 15.0 Å². The van der Waals surface area contributed by atoms with E-state index in [9.17, 15) is 14.4 Å². The van der Waals surface area contributed by atoms with E-state index in [-0.39, 0.29) is 17.5 Å². The Morgan fingerprint density at radius 2 is 1.78 bits per heavy atom. The number of nitrogens with zero attached hydrogens (tertiary/aromatic N) is 3. The first-order chi connectivity index (χ1) is 10.7. The Hall–Kier alpha value is -2.38. The molecule has 1 aliphatic rings. The first-order valence-corrected chi connectivity index (χ1v) is 7.38. The molecule has 0 aliphatic carbocycles. The first-order valence-electron chi connectivity index (χ1n) is 7.38. The summed E-state index contributed by atoms with van der Waals surface area (Å²) in [6, 6.07) is 1.59. The van der Waals surface area contributed by atoms with Gasteiger partial charge >= 0.3 is 0 Å². The Morgan fingerprint density at radius 3 is 2.26 bits per heavy atom. The van der Waals surface area contributed by atoms with Crippen LogP contribution < -0.4 is 5.73 Å². The molecule has 2 heterocycles. The molecule has 3 amide bonds. The number of aromatic nitrogens is 1. The fourth-order valence-electron chi connectivity index (χ4n) is 2.23. The van der Waals surface area contributed by atoms with Crippen molar-refractivity contribution < 1.29 is 18.9 Å². The molecule has 1 aromatic heterocycles. The van der Waals surface area contributed by atoms with E-state index in [0.29, 0.717) is 31.9 Å². The van der Waals surface area contributed by atoms with Gasteiger partial charge in [0.2, 0.25) is 11.8 Å². The summed E-state index contributed by atoms with van der Waals surface area (Å²) in [6.07, 6.45) is 1.33. The topological polar surface area (TPSA) is 110 Å². The quantitative estimate of drug-likeness (QED) is 0.838. The monoisotopic (exact) mass is 321 g/mol. The summed E-state index contributed by atoms with van der Waals surface area (Å²) in [5.74, 6) is -0.444. The van der Waals surface area contributed by atoms with Gasteiger partial charge in [-0.15, -0.1) is 0 Å². The molecule has 0 atom stereocenters. The van der Waals surface area contributed by atoms with Crippen LogP contribution in [0.4, 0.5) is 0 Å². The molecule has 0 aromatic carbocycles. The highest BCUT2D eigenvalue weighted by Crippen LogP contribution is 2.20. The van der Waals surface area contributed by atoms with Crippen molar-refractivity contribution >= 4 is 17.7 Å². The summed E-state index contributed by atoms with van der Waals surface area (Å²) in [5, 5.41) is 3.71. The summed E-state index contributed by atoms with van der Waals surface area (Å²) < 4.78 is 4.90. The number of carbonyl (C=O) groups is 3. The lowest BCUT2D eigenvalue weighted by molar-refractivity contribution is -0.134. The van der Waals surface area contributed by atoms with Gasteiger partial charge in [0.15, 0.2) is 5.69 Å². The third-order valence-electron chi connectivity index (χ3n) is 3.85. The Morgan fingerprint density at radius 1 is 1.22 bits per heavy atom. The van der Waals surface area contributed by atoms with E-state index in [0.717, 1.165) is 0 Å². The minimum absolute atomic E-state index is 0.213. The highest BCUT2D eigenvalue weighted by Gasteiger charge is 2.33. The molecular weight excluding hydrogens is 300 g/mol. The van der Waals surface area contributed by atoms with Crippen LogP contribution in [0, 0.1) is 18.8 Å². The summed E-state index contributed by atoms with van der Waals surface area (Å²) >= 11 is 0. The number of aryl methyl sites for hydroxylation is 1. The fraction of sp³-hybridized carbons (Fsp3) is 0.533. The third kappa shape index (κ3) is 3.88. The lowest BCUT2D eigenvalue weighted by Gasteiger charge is -2.35. The molecule has 1 aromatic rings. The van der Waals surface area contributed by atoms with E-state index < -0.39 is 11.3 Å². The minimum Gasteiger partial charge on any atom is -0.369 e. The van der Waals surface area contributed by atoms with Crippen molar-refractivity contribution in [1.29, 1.82) is 0 Å². The number of rotatable bonds is 4. The zero-order valence-electron chi connectivity index (χ0n) is 13.5. The van der Waals surface area contributed by atoms with Crippen LogP contribution in [0.25, 0.3) is 0 Å². The number of amides is 3. The summed E-state index contributed by atoms with van der Waals surface area (Å²) in [7, 11) is 0. The van der Waals surface area contributed by atoms with Gasteiger partial charge in [-0.2, -0.15) is 0 Å². The van der Waals surface area contributed by atoms with Gasteiger partial charge in [-0.05, 0) is 6.92 Å². The molecule has 1 radical (unpaired) electrons. The van der Waals surface area contributed by atoms with Gasteiger partial charge in [-0.25, -0.2) is 0 Å². The molecule has 125 valence electrons. The van der Waals surface area contributed by atoms with Crippen molar-refractivity contribution in [2.24, 2.45) is 11.1 Å². The number of hydrogen-bond acceptors (Lipinski definition) is 5. The number of piperazine rings is 1. The van der Waals surface area contributed by atoms with Crippen molar-refractivity contribution in [2.45, 2.75) is 20.8 Å². The van der Waals surface area contributed by atoms with E-state index in [1.807, 2.05) is 0 Å². The average Bonchev–Trinajstić information content (AvgIpc) is 2.92. The molecule has 1 saturated heterocycles. The number of hydrogen-bond donors (Lipinski definition) is 1. The van der Waals surface area contributed by atoms with Crippen LogP contribution in [0.5, 0.6) is 0 Å². The lowest BCUT2D eigenvalue weighted by Crippen LogP contribution is -2.52. The Labute approximate surface area is 134 Å². The first kappa shape index (κ1) is 17.0. The van der Waals surface area contributed by atoms with Crippen LogP contribution in [0.3, 0.4) is 0 Å². The van der Waals surface area contributed by atoms with Gasteiger partial charge in [-0.1, -0.05) is 19.0 Å². The molecule has 8 heteroatoms. The fourth-order valence-corrected chi connectivity index (χ4v) is 2.23. The summed E-state index contributed by atoms with van der Waals surface area (Å²) in [5.41, 5.74) is 4.54. The van der Waals surface area contributed by atoms with E-state index in [1.54, 1.807) is 36.6 Å². The van der Waals surface area contributed by atoms with Crippen molar-refractivity contribution in [3.63, 3.8) is 0 Å². The standard InChI is InChI=1S/C15H21N4O4/c1-10-8-11(17-23-10)13(21)19-6-4-18(5-7-19)12(20)9-15(2,3)14(16)22/h8-9H,4-7H2,1-3H3,(H2,16,22). The molecule has 0 saturated carbocycles. The Kier molecular flexibility index (Phi) is 4.72. The number of nitrogens with two attached hydrogens (primary N) is 1. The van der Waals surface area contributed by atoms with Gasteiger partial charge in [0.05, 0.1) is 11.8 Å². The molecule has 1 fully saturated rings. The molecule has 1 aliphatic heterocycles. The van der Waals surface area contributed by atoms with Gasteiger partial charge < -0.3 is 20.1 Å². The van der Waals surface area contributed by atoms with Gasteiger partial charge in [0.25, 0.3) is 5.91 Å². The molecule has 2 N–H and O–H groups in total. The van der Waals surface area contributed by atoms with E-state index in [1.165, 1.54) is 6.42 Å². The molecule has 0 unspecified atom stereocenters. The van der Waals surface area contributed by atoms with Gasteiger partial charge in [-0.3, -0.25) is 14.4 Å². The average molecular weight is 321 g/mol. The second kappa shape index (κ2) is 6.39. The number of carbonyl (C=O) groups excluding carboxylic acids is 3. The van der Waals surface area contributed by atoms with Crippen molar-refractivity contribution in [3.8, 4) is 0 Å². The van der Waals surface area contributed by atoms with Gasteiger partial charge in [0.1, 0.15) is 5.76 Å². The highest BCUT2D eigenvalue weighted by molar-refractivity contribution is 5.95. The normalized spacial score (nSPS) is 15.6. The SMILES string of the molecule is Cc1cc(C(=O)N2CCN(C(=O)[CH]C(C)(C)C(N)=O)CC2)no1. The molecule has 8 nitrogen and oxygen atoms in total. The van der Waals surface area contributed by atoms with Crippen molar-refractivity contribution in [3.05, 3.63) is 23.9 Å². The van der Waals surface area contributed by atoms with Crippen LogP contribution in [0.15, 0.2) is 10.6 Å². The molecule has 0 bridgehead atoms. The van der Waals surface area contributed by atoms with E-state index in [2.05, 4.69) is 5.16 Å². The van der Waals surface area contributed by atoms with Crippen LogP contribution >= 0.6 is 0 Å². The van der Waals surface area contributed by atoms with E-state index in [4.69, 9.17) is 10.3 Å². The second-order valence-electron chi connectivity index (χ2n) is 6.17. The molecular formula is C15H21N4O4. The van der Waals surface area contributed by atoms with Crippen LogP contribution in [-0.4, -0.2) is 58.9 Å². The zero-order chi connectivity index (χ0) is 17.2. The molecule has 23 heavy (non-hydrogen) atoms. The van der Waals surface area contributed by atoms with E-state index >= 15 is 0 Å². The lowest BCUT2D eigenvalue weighted by atomic mass is 9.88. The van der Waals surface area contributed by atoms with Crippen molar-refractivity contribution in [2.75, 3.05) is 26.2 Å². The maximum Gasteiger partial charge on any atom is 0.276 e. The zero-order valence-corrected chi connectivity index (χ0v) is 13.5. The Bertz CT molecular complexity index is 615. The van der Waals surface area contributed by atoms with Crippen LogP contribution in [0.2, 0.25) is 0 Å². The second-order valence-corrected chi connectivity index (χ2v) is 6.17. The largest absolute Gasteiger partial charge is 0.369 e.